The number of aliphatic carboxylic acids is 1. The smallest absolute Gasteiger partial charge is 0.324 e. The molecule has 288 valence electrons. The molecule has 55 heavy (non-hydrogen) atoms. The summed E-state index contributed by atoms with van der Waals surface area (Å²) in [6.45, 7) is 2.36. The Labute approximate surface area is 330 Å². The van der Waals surface area contributed by atoms with Gasteiger partial charge in [0.25, 0.3) is 0 Å². The van der Waals surface area contributed by atoms with Gasteiger partial charge in [-0.15, -0.1) is 0 Å². The van der Waals surface area contributed by atoms with Crippen LogP contribution in [0.15, 0.2) is 54.6 Å². The van der Waals surface area contributed by atoms with Crippen LogP contribution in [0.5, 0.6) is 17.6 Å². The van der Waals surface area contributed by atoms with Crippen molar-refractivity contribution in [1.82, 2.24) is 25.5 Å². The summed E-state index contributed by atoms with van der Waals surface area (Å²) in [5.41, 5.74) is 6.41. The number of benzene rings is 2. The summed E-state index contributed by atoms with van der Waals surface area (Å²) in [5, 5.41) is 17.6. The molecule has 8 rings (SSSR count). The van der Waals surface area contributed by atoms with Crippen LogP contribution in [0.3, 0.4) is 0 Å². The molecular formula is C42H45Cl2N5O6. The Bertz CT molecular complexity index is 2130. The van der Waals surface area contributed by atoms with Crippen molar-refractivity contribution < 1.29 is 28.9 Å². The minimum atomic E-state index is -0.855. The number of hydrogen-bond donors (Lipinski definition) is 3. The van der Waals surface area contributed by atoms with E-state index < -0.39 is 11.5 Å². The van der Waals surface area contributed by atoms with Gasteiger partial charge in [0.2, 0.25) is 23.5 Å². The molecule has 2 saturated heterocycles. The summed E-state index contributed by atoms with van der Waals surface area (Å²) in [7, 11) is 3.17. The Morgan fingerprint density at radius 2 is 1.75 bits per heavy atom. The van der Waals surface area contributed by atoms with Crippen molar-refractivity contribution in [1.29, 1.82) is 0 Å². The Kier molecular flexibility index (Phi) is 10.6. The van der Waals surface area contributed by atoms with Crippen molar-refractivity contribution in [2.24, 2.45) is 5.92 Å². The summed E-state index contributed by atoms with van der Waals surface area (Å²) < 4.78 is 17.9. The number of carbonyl (C=O) groups excluding carboxylic acids is 1. The lowest BCUT2D eigenvalue weighted by Crippen LogP contribution is -2.50. The van der Waals surface area contributed by atoms with E-state index in [9.17, 15) is 14.7 Å². The van der Waals surface area contributed by atoms with E-state index in [4.69, 9.17) is 47.4 Å². The average molecular weight is 787 g/mol. The van der Waals surface area contributed by atoms with Gasteiger partial charge < -0.3 is 30.0 Å². The fourth-order valence-corrected chi connectivity index (χ4v) is 9.66. The molecular weight excluding hydrogens is 741 g/mol. The van der Waals surface area contributed by atoms with Crippen molar-refractivity contribution in [2.45, 2.75) is 82.1 Å². The maximum Gasteiger partial charge on any atom is 0.324 e. The molecule has 4 heterocycles. The van der Waals surface area contributed by atoms with Crippen molar-refractivity contribution in [3.8, 4) is 40.0 Å². The summed E-state index contributed by atoms with van der Waals surface area (Å²) in [4.78, 5) is 35.6. The highest BCUT2D eigenvalue weighted by molar-refractivity contribution is 6.36. The lowest BCUT2D eigenvalue weighted by molar-refractivity contribution is -0.151. The number of rotatable bonds is 13. The zero-order valence-corrected chi connectivity index (χ0v) is 32.5. The second-order valence-corrected chi connectivity index (χ2v) is 15.9. The van der Waals surface area contributed by atoms with Crippen molar-refractivity contribution in [3.05, 3.63) is 86.9 Å². The number of ether oxygens (including phenoxy) is 3. The molecule has 2 aromatic carbocycles. The van der Waals surface area contributed by atoms with Crippen LogP contribution in [0.4, 0.5) is 0 Å². The van der Waals surface area contributed by atoms with Gasteiger partial charge in [-0.3, -0.25) is 14.5 Å². The molecule has 1 saturated carbocycles. The third-order valence-corrected chi connectivity index (χ3v) is 12.5. The van der Waals surface area contributed by atoms with Crippen LogP contribution in [-0.4, -0.2) is 70.7 Å². The van der Waals surface area contributed by atoms with Crippen LogP contribution in [0, 0.1) is 5.92 Å². The monoisotopic (exact) mass is 785 g/mol. The number of likely N-dealkylation sites (tertiary alicyclic amines) is 1. The molecule has 2 aromatic heterocycles. The quantitative estimate of drug-likeness (QED) is 0.126. The number of fused-ring (bicyclic) bond motifs is 3. The lowest BCUT2D eigenvalue weighted by Gasteiger charge is -2.35. The molecule has 2 unspecified atom stereocenters. The first-order valence-corrected chi connectivity index (χ1v) is 19.8. The maximum atomic E-state index is 12.5. The number of pyridine rings is 2. The zero-order valence-electron chi connectivity index (χ0n) is 31.0. The number of carboxylic acids is 1. The van der Waals surface area contributed by atoms with E-state index in [1.54, 1.807) is 20.3 Å². The molecule has 1 amide bonds. The molecule has 11 nitrogen and oxygen atoms in total. The minimum absolute atomic E-state index is 0.0993. The van der Waals surface area contributed by atoms with E-state index in [2.05, 4.69) is 27.7 Å². The lowest BCUT2D eigenvalue weighted by atomic mass is 9.80. The fourth-order valence-electron chi connectivity index (χ4n) is 9.12. The number of carboxylic acid groups (broad SMARTS) is 1. The molecule has 13 heteroatoms. The first kappa shape index (κ1) is 37.5. The largest absolute Gasteiger partial charge is 0.481 e. The van der Waals surface area contributed by atoms with E-state index in [1.165, 1.54) is 0 Å². The molecule has 0 radical (unpaired) electrons. The molecule has 4 aromatic rings. The number of nitrogens with one attached hydrogen (secondary N) is 2. The third kappa shape index (κ3) is 7.23. The first-order valence-electron chi connectivity index (χ1n) is 19.0. The van der Waals surface area contributed by atoms with Crippen LogP contribution in [0.2, 0.25) is 10.0 Å². The second kappa shape index (κ2) is 15.6. The van der Waals surface area contributed by atoms with Gasteiger partial charge in [0, 0.05) is 60.9 Å². The molecule has 4 atom stereocenters. The first-order chi connectivity index (χ1) is 26.7. The Morgan fingerprint density at radius 3 is 2.53 bits per heavy atom. The molecule has 2 bridgehead atoms. The number of hydrogen-bond acceptors (Lipinski definition) is 9. The standard InChI is InChI=1S/C42H45Cl2N5O6/c1-53-38-25(20-45-21-27-12-16-36(50)46-27)11-14-34(47-38)32-10-4-9-31(37(32)44)28-7-3-8-30-29(28)13-15-35(30)55-40-33(43)18-26(39(48-40)54-2)23-49-22-24-6-5-17-42(49,19-24)41(51)52/h3-4,7-11,14,18,24,27,35,45H,5-6,12-13,15-17,19-23H2,1-2H3,(H,46,50)(H,51,52)/t24?,27-,35-,42?/m0/s1. The Hall–Kier alpha value is -4.42. The zero-order chi connectivity index (χ0) is 38.3. The van der Waals surface area contributed by atoms with Crippen LogP contribution in [0.25, 0.3) is 22.4 Å². The second-order valence-electron chi connectivity index (χ2n) is 15.1. The molecule has 3 N–H and O–H groups in total. The van der Waals surface area contributed by atoms with E-state index >= 15 is 0 Å². The van der Waals surface area contributed by atoms with Crippen LogP contribution in [0.1, 0.15) is 73.3 Å². The predicted molar refractivity (Wildman–Crippen MR) is 210 cm³/mol. The number of amides is 1. The van der Waals surface area contributed by atoms with E-state index in [0.717, 1.165) is 77.6 Å². The van der Waals surface area contributed by atoms with Crippen LogP contribution < -0.4 is 24.8 Å². The summed E-state index contributed by atoms with van der Waals surface area (Å²) in [5.74, 6) is 0.896. The highest BCUT2D eigenvalue weighted by atomic mass is 35.5. The number of aromatic nitrogens is 2. The predicted octanol–water partition coefficient (Wildman–Crippen LogP) is 7.40. The minimum Gasteiger partial charge on any atom is -0.481 e. The summed E-state index contributed by atoms with van der Waals surface area (Å²) >= 11 is 14.0. The van der Waals surface area contributed by atoms with Crippen LogP contribution >= 0.6 is 23.2 Å². The van der Waals surface area contributed by atoms with Gasteiger partial charge >= 0.3 is 5.97 Å². The van der Waals surface area contributed by atoms with Crippen molar-refractivity contribution in [2.75, 3.05) is 27.3 Å². The van der Waals surface area contributed by atoms with Crippen molar-refractivity contribution >= 4 is 35.1 Å². The summed E-state index contributed by atoms with van der Waals surface area (Å²) in [6.07, 6.45) is 5.91. The van der Waals surface area contributed by atoms with Gasteiger partial charge in [-0.2, -0.15) is 4.98 Å². The Balaban J connectivity index is 1.00. The van der Waals surface area contributed by atoms with Gasteiger partial charge in [-0.05, 0) is 73.3 Å². The molecule has 3 fully saturated rings. The molecule has 0 spiro atoms. The molecule has 2 aliphatic heterocycles. The Morgan fingerprint density at radius 1 is 0.964 bits per heavy atom. The summed E-state index contributed by atoms with van der Waals surface area (Å²) in [6, 6.07) is 18.1. The number of halogens is 2. The molecule has 2 aliphatic carbocycles. The number of methoxy groups -OCH3 is 2. The highest BCUT2D eigenvalue weighted by Gasteiger charge is 2.53. The third-order valence-electron chi connectivity index (χ3n) is 11.8. The fraction of sp³-hybridized carbons (Fsp3) is 0.429. The van der Waals surface area contributed by atoms with Gasteiger partial charge in [0.05, 0.1) is 24.9 Å². The van der Waals surface area contributed by atoms with Gasteiger partial charge in [-0.25, -0.2) is 4.98 Å². The SMILES string of the molecule is COc1nc(-c2cccc(-c3cccc4c3CC[C@@H]4Oc3nc(OC)c(CN4CC5CCCC4(C(=O)O)C5)cc3Cl)c2Cl)ccc1CNC[C@@H]1CCC(=O)N1. The van der Waals surface area contributed by atoms with Gasteiger partial charge in [0.15, 0.2) is 0 Å². The molecule has 4 aliphatic rings. The van der Waals surface area contributed by atoms with Crippen LogP contribution in [-0.2, 0) is 29.1 Å². The topological polar surface area (TPSA) is 135 Å². The van der Waals surface area contributed by atoms with E-state index in [1.807, 2.05) is 36.4 Å². The van der Waals surface area contributed by atoms with E-state index in [0.29, 0.717) is 72.3 Å². The number of carbonyl (C=O) groups is 2. The average Bonchev–Trinajstić information content (AvgIpc) is 3.87. The van der Waals surface area contributed by atoms with Gasteiger partial charge in [-0.1, -0.05) is 72.1 Å². The number of nitrogens with zero attached hydrogens (tertiary/aromatic N) is 3. The normalized spacial score (nSPS) is 23.1. The van der Waals surface area contributed by atoms with E-state index in [-0.39, 0.29) is 23.9 Å². The van der Waals surface area contributed by atoms with Crippen molar-refractivity contribution in [3.63, 3.8) is 0 Å². The maximum absolute atomic E-state index is 12.5. The van der Waals surface area contributed by atoms with Gasteiger partial charge in [0.1, 0.15) is 16.7 Å². The highest BCUT2D eigenvalue weighted by Crippen LogP contribution is 2.47.